The molecule has 4 heteroatoms. The summed E-state index contributed by atoms with van der Waals surface area (Å²) in [6, 6.07) is 0. The summed E-state index contributed by atoms with van der Waals surface area (Å²) in [5.41, 5.74) is 0. The van der Waals surface area contributed by atoms with Gasteiger partial charge < -0.3 is 0 Å². The third-order valence-corrected chi connectivity index (χ3v) is 7.17. The number of hydrogen-bond donors (Lipinski definition) is 0. The lowest BCUT2D eigenvalue weighted by Crippen LogP contribution is -2.15. The van der Waals surface area contributed by atoms with Crippen molar-refractivity contribution in [2.24, 2.45) is 0 Å². The Morgan fingerprint density at radius 3 is 1.62 bits per heavy atom. The van der Waals surface area contributed by atoms with Crippen LogP contribution in [0.3, 0.4) is 0 Å². The summed E-state index contributed by atoms with van der Waals surface area (Å²) in [6.45, 7) is 0. The molecule has 0 atom stereocenters. The first kappa shape index (κ1) is 8.54. The summed E-state index contributed by atoms with van der Waals surface area (Å²) in [5.74, 6) is 4.40. The molecule has 0 saturated carbocycles. The molecule has 0 N–H and O–H groups in total. The molecule has 2 saturated heterocycles. The lowest BCUT2D eigenvalue weighted by atomic mass is 10.5. The maximum absolute atomic E-state index is 8.36. The minimum Gasteiger partial charge on any atom is -0.148 e. The van der Waals surface area contributed by atoms with Gasteiger partial charge in [-0.2, -0.15) is 0 Å². The van der Waals surface area contributed by atoms with Gasteiger partial charge in [0.15, 0.2) is 0 Å². The third kappa shape index (κ3) is 3.80. The molecule has 0 aromatic carbocycles. The average Bonchev–Trinajstić information content (AvgIpc) is 2.18. The van der Waals surface area contributed by atoms with E-state index in [9.17, 15) is 0 Å². The van der Waals surface area contributed by atoms with Gasteiger partial charge in [-0.1, -0.05) is 0 Å². The monoisotopic (exact) mass is 254 g/mol. The highest BCUT2D eigenvalue weighted by Gasteiger charge is 2.22. The van der Waals surface area contributed by atoms with Crippen LogP contribution in [-0.2, 0) is 0 Å². The van der Waals surface area contributed by atoms with Gasteiger partial charge in [-0.3, -0.25) is 0 Å². The summed E-state index contributed by atoms with van der Waals surface area (Å²) >= 11 is 6.96. The Morgan fingerprint density at radius 2 is 1.23 bits per heavy atom. The average molecular weight is 255 g/mol. The molecule has 13 heavy (non-hydrogen) atoms. The van der Waals surface area contributed by atoms with Crippen molar-refractivity contribution in [3.8, 4) is 0 Å². The van der Waals surface area contributed by atoms with E-state index >= 15 is 0 Å². The highest BCUT2D eigenvalue weighted by atomic mass is 32.2. The lowest BCUT2D eigenvalue weighted by molar-refractivity contribution is 0.976. The molecule has 0 bridgehead atoms. The Bertz CT molecular complexity index is 190. The van der Waals surface area contributed by atoms with Crippen LogP contribution in [0.2, 0.25) is 0 Å². The van der Waals surface area contributed by atoms with E-state index in [0.717, 1.165) is 23.0 Å². The minimum atomic E-state index is -0.447. The van der Waals surface area contributed by atoms with Crippen molar-refractivity contribution in [3.63, 3.8) is 0 Å². The number of hydrogen-bond acceptors (Lipinski definition) is 4. The second-order valence-electron chi connectivity index (χ2n) is 3.02. The Morgan fingerprint density at radius 1 is 0.846 bits per heavy atom. The van der Waals surface area contributed by atoms with E-state index < -0.39 is 9.12 Å². The van der Waals surface area contributed by atoms with Crippen molar-refractivity contribution in [1.29, 1.82) is 0 Å². The molecule has 0 aliphatic carbocycles. The maximum Gasteiger partial charge on any atom is 0.0533 e. The molecule has 0 aromatic heterocycles. The van der Waals surface area contributed by atoms with Crippen LogP contribution in [0.15, 0.2) is 0 Å². The quantitative estimate of drug-likeness (QED) is 0.735. The Kier molecular flexibility index (Phi) is 4.00. The second-order valence-corrected chi connectivity index (χ2v) is 8.30. The maximum atomic E-state index is 8.36. The fourth-order valence-electron chi connectivity index (χ4n) is 1.27. The van der Waals surface area contributed by atoms with E-state index in [1.165, 1.54) is 12.8 Å². The molecule has 2 heterocycles. The SMILES string of the molecule is [2H]C1(CC2([2H])SCCCS2)SCCCS1. The van der Waals surface area contributed by atoms with Gasteiger partial charge in [0.2, 0.25) is 0 Å². The predicted octanol–water partition coefficient (Wildman–Crippen LogP) is 3.77. The molecule has 0 radical (unpaired) electrons. The van der Waals surface area contributed by atoms with Crippen LogP contribution in [0.1, 0.15) is 22.0 Å². The van der Waals surface area contributed by atoms with Crippen molar-refractivity contribution in [1.82, 2.24) is 0 Å². The van der Waals surface area contributed by atoms with Gasteiger partial charge in [-0.15, -0.1) is 47.0 Å². The van der Waals surface area contributed by atoms with E-state index in [1.54, 1.807) is 47.0 Å². The summed E-state index contributed by atoms with van der Waals surface area (Å²) in [6.07, 6.45) is 3.15. The van der Waals surface area contributed by atoms with Gasteiger partial charge in [0.25, 0.3) is 0 Å². The van der Waals surface area contributed by atoms with Gasteiger partial charge in [-0.25, -0.2) is 0 Å². The molecule has 0 amide bonds. The zero-order chi connectivity index (χ0) is 10.8. The van der Waals surface area contributed by atoms with E-state index in [1.807, 2.05) is 0 Å². The molecule has 0 nitrogen and oxygen atoms in total. The third-order valence-electron chi connectivity index (χ3n) is 1.92. The van der Waals surface area contributed by atoms with Gasteiger partial charge in [0.1, 0.15) is 0 Å². The molecule has 2 fully saturated rings. The first-order valence-corrected chi connectivity index (χ1v) is 8.62. The minimum absolute atomic E-state index is 0.447. The van der Waals surface area contributed by atoms with Crippen LogP contribution in [-0.4, -0.2) is 32.1 Å². The van der Waals surface area contributed by atoms with Crippen LogP contribution < -0.4 is 0 Å². The van der Waals surface area contributed by atoms with Gasteiger partial charge in [0, 0.05) is 0 Å². The molecule has 2 aliphatic rings. The summed E-state index contributed by atoms with van der Waals surface area (Å²) < 4.78 is 15.8. The highest BCUT2D eigenvalue weighted by molar-refractivity contribution is 8.19. The van der Waals surface area contributed by atoms with Crippen LogP contribution in [0.5, 0.6) is 0 Å². The molecule has 0 unspecified atom stereocenters. The van der Waals surface area contributed by atoms with E-state index in [2.05, 4.69) is 0 Å². The number of rotatable bonds is 2. The van der Waals surface area contributed by atoms with Crippen LogP contribution >= 0.6 is 47.0 Å². The van der Waals surface area contributed by atoms with Crippen molar-refractivity contribution in [3.05, 3.63) is 0 Å². The molecular weight excluding hydrogens is 236 g/mol. The first-order chi connectivity index (χ1) is 7.12. The van der Waals surface area contributed by atoms with Crippen LogP contribution in [0.4, 0.5) is 0 Å². The molecule has 2 rings (SSSR count). The lowest BCUT2D eigenvalue weighted by Gasteiger charge is -2.27. The number of thioether (sulfide) groups is 4. The smallest absolute Gasteiger partial charge is 0.0533 e. The topological polar surface area (TPSA) is 0 Å². The molecule has 2 aliphatic heterocycles. The molecule has 0 spiro atoms. The predicted molar refractivity (Wildman–Crippen MR) is 71.3 cm³/mol. The van der Waals surface area contributed by atoms with Crippen LogP contribution in [0, 0.1) is 0 Å². The normalized spacial score (nSPS) is 34.8. The molecule has 0 aromatic rings. The van der Waals surface area contributed by atoms with Gasteiger partial charge >= 0.3 is 0 Å². The first-order valence-electron chi connectivity index (χ1n) is 5.68. The van der Waals surface area contributed by atoms with Gasteiger partial charge in [-0.05, 0) is 42.3 Å². The fraction of sp³-hybridized carbons (Fsp3) is 1.00. The molecule has 76 valence electrons. The van der Waals surface area contributed by atoms with E-state index in [-0.39, 0.29) is 0 Å². The largest absolute Gasteiger partial charge is 0.148 e. The van der Waals surface area contributed by atoms with E-state index in [0.29, 0.717) is 6.42 Å². The Balaban J connectivity index is 1.93. The van der Waals surface area contributed by atoms with Crippen LogP contribution in [0.25, 0.3) is 0 Å². The summed E-state index contributed by atoms with van der Waals surface area (Å²) in [5, 5.41) is 0. The van der Waals surface area contributed by atoms with Crippen molar-refractivity contribution < 1.29 is 2.74 Å². The van der Waals surface area contributed by atoms with Crippen molar-refractivity contribution in [2.75, 3.05) is 23.0 Å². The Hall–Kier alpha value is 1.40. The molecular formula is C9H16S4. The standard InChI is InChI=1S/C9H16S4/c1-3-10-8(11-4-1)7-9-12-5-2-6-13-9/h8-9H,1-7H2/i8D,9D. The second kappa shape index (κ2) is 6.09. The highest BCUT2D eigenvalue weighted by Crippen LogP contribution is 2.41. The zero-order valence-corrected chi connectivity index (χ0v) is 10.8. The van der Waals surface area contributed by atoms with Crippen molar-refractivity contribution in [2.45, 2.75) is 28.4 Å². The summed E-state index contributed by atoms with van der Waals surface area (Å²) in [4.78, 5) is 0. The Labute approximate surface area is 101 Å². The fourth-order valence-corrected chi connectivity index (χ4v) is 6.72. The summed E-state index contributed by atoms with van der Waals surface area (Å²) in [7, 11) is 0. The van der Waals surface area contributed by atoms with E-state index in [4.69, 9.17) is 2.74 Å². The van der Waals surface area contributed by atoms with Crippen molar-refractivity contribution >= 4 is 47.0 Å². The zero-order valence-electron chi connectivity index (χ0n) is 9.58. The van der Waals surface area contributed by atoms with Gasteiger partial charge in [0.05, 0.1) is 11.9 Å².